The van der Waals surface area contributed by atoms with Crippen LogP contribution in [0.25, 0.3) is 11.0 Å². The number of aromatic nitrogens is 5. The van der Waals surface area contributed by atoms with Gasteiger partial charge in [-0.1, -0.05) is 28.9 Å². The van der Waals surface area contributed by atoms with E-state index in [0.717, 1.165) is 16.8 Å². The number of carbonyl (C=O) groups excluding carboxylic acids is 1. The van der Waals surface area contributed by atoms with Crippen molar-refractivity contribution < 1.29 is 14.3 Å². The smallest absolute Gasteiger partial charge is 0.358 e. The van der Waals surface area contributed by atoms with Crippen LogP contribution < -0.4 is 10.1 Å². The number of methoxy groups -OCH3 is 1. The third-order valence-corrected chi connectivity index (χ3v) is 6.39. The molecule has 1 unspecified atom stereocenters. The van der Waals surface area contributed by atoms with Crippen LogP contribution in [0.5, 0.6) is 5.75 Å². The summed E-state index contributed by atoms with van der Waals surface area (Å²) in [5.74, 6) is 0.0874. The number of rotatable bonds is 8. The van der Waals surface area contributed by atoms with Crippen LogP contribution >= 0.6 is 27.5 Å². The number of nitrogens with one attached hydrogen (secondary N) is 1. The first kappa shape index (κ1) is 25.0. The maximum Gasteiger partial charge on any atom is 0.358 e. The van der Waals surface area contributed by atoms with Gasteiger partial charge in [-0.05, 0) is 60.5 Å². The molecule has 35 heavy (non-hydrogen) atoms. The van der Waals surface area contributed by atoms with Crippen LogP contribution in [0.4, 0.5) is 5.69 Å². The number of hydrogen-bond donors (Lipinski definition) is 1. The molecule has 0 aliphatic carbocycles. The standard InChI is InChI=1S/C24H26BrClN6O3/c1-6-35-23(33)21-22(32(13(2)3)24(25)28-21)19(14-7-9-15(26)10-8-14)27-16-11-17-20(18(12-16)34-5)29-30-31(17)4/h7-13,19,27H,6H2,1-5H3. The molecule has 0 aliphatic heterocycles. The number of hydrogen-bond acceptors (Lipinski definition) is 7. The highest BCUT2D eigenvalue weighted by molar-refractivity contribution is 9.10. The van der Waals surface area contributed by atoms with Gasteiger partial charge in [-0.25, -0.2) is 14.5 Å². The molecule has 4 rings (SSSR count). The molecule has 2 aromatic heterocycles. The average Bonchev–Trinajstić information content (AvgIpc) is 3.37. The maximum atomic E-state index is 13.0. The van der Waals surface area contributed by atoms with Crippen LogP contribution in [-0.4, -0.2) is 44.2 Å². The van der Waals surface area contributed by atoms with Crippen LogP contribution in [0, 0.1) is 0 Å². The summed E-state index contributed by atoms with van der Waals surface area (Å²) in [5.41, 5.74) is 3.99. The largest absolute Gasteiger partial charge is 0.494 e. The van der Waals surface area contributed by atoms with E-state index in [1.807, 2.05) is 61.9 Å². The molecule has 0 radical (unpaired) electrons. The lowest BCUT2D eigenvalue weighted by atomic mass is 10.0. The Bertz CT molecular complexity index is 1370. The first-order chi connectivity index (χ1) is 16.7. The minimum absolute atomic E-state index is 0.00458. The minimum atomic E-state index is -0.493. The summed E-state index contributed by atoms with van der Waals surface area (Å²) in [6.45, 7) is 6.07. The number of aryl methyl sites for hydroxylation is 1. The molecule has 9 nitrogen and oxygen atoms in total. The number of benzene rings is 2. The van der Waals surface area contributed by atoms with Gasteiger partial charge >= 0.3 is 5.97 Å². The summed E-state index contributed by atoms with van der Waals surface area (Å²) < 4.78 is 15.1. The number of anilines is 1. The Balaban J connectivity index is 1.93. The lowest BCUT2D eigenvalue weighted by Gasteiger charge is -2.25. The molecule has 1 atom stereocenters. The van der Waals surface area contributed by atoms with Gasteiger partial charge in [-0.3, -0.25) is 0 Å². The second-order valence-electron chi connectivity index (χ2n) is 8.19. The van der Waals surface area contributed by atoms with Gasteiger partial charge in [-0.15, -0.1) is 5.10 Å². The highest BCUT2D eigenvalue weighted by Crippen LogP contribution is 2.36. The Hall–Kier alpha value is -3.11. The summed E-state index contributed by atoms with van der Waals surface area (Å²) in [6, 6.07) is 10.8. The Morgan fingerprint density at radius 1 is 1.23 bits per heavy atom. The van der Waals surface area contributed by atoms with Crippen molar-refractivity contribution in [3.63, 3.8) is 0 Å². The minimum Gasteiger partial charge on any atom is -0.494 e. The fraction of sp³-hybridized carbons (Fsp3) is 0.333. The van der Waals surface area contributed by atoms with Crippen molar-refractivity contribution in [1.82, 2.24) is 24.5 Å². The van der Waals surface area contributed by atoms with E-state index in [2.05, 4.69) is 36.5 Å². The predicted octanol–water partition coefficient (Wildman–Crippen LogP) is 5.55. The van der Waals surface area contributed by atoms with Gasteiger partial charge in [0, 0.05) is 29.9 Å². The number of halogens is 2. The zero-order chi connectivity index (χ0) is 25.3. The molecule has 11 heteroatoms. The second-order valence-corrected chi connectivity index (χ2v) is 9.33. The van der Waals surface area contributed by atoms with E-state index in [9.17, 15) is 4.79 Å². The second kappa shape index (κ2) is 10.2. The normalized spacial score (nSPS) is 12.2. The van der Waals surface area contributed by atoms with Crippen molar-refractivity contribution in [3.05, 3.63) is 63.1 Å². The maximum absolute atomic E-state index is 13.0. The molecule has 2 heterocycles. The Morgan fingerprint density at radius 2 is 1.94 bits per heavy atom. The van der Waals surface area contributed by atoms with Crippen LogP contribution in [0.15, 0.2) is 41.1 Å². The predicted molar refractivity (Wildman–Crippen MR) is 138 cm³/mol. The third-order valence-electron chi connectivity index (χ3n) is 5.58. The zero-order valence-corrected chi connectivity index (χ0v) is 22.4. The molecule has 0 saturated carbocycles. The van der Waals surface area contributed by atoms with Gasteiger partial charge in [0.15, 0.2) is 21.7 Å². The van der Waals surface area contributed by atoms with Crippen molar-refractivity contribution in [3.8, 4) is 5.75 Å². The van der Waals surface area contributed by atoms with Gasteiger partial charge in [0.05, 0.1) is 31.0 Å². The highest BCUT2D eigenvalue weighted by Gasteiger charge is 2.31. The van der Waals surface area contributed by atoms with Crippen LogP contribution in [0.1, 0.15) is 54.6 Å². The van der Waals surface area contributed by atoms with Gasteiger partial charge < -0.3 is 19.4 Å². The molecule has 184 valence electrons. The first-order valence-corrected chi connectivity index (χ1v) is 12.3. The van der Waals surface area contributed by atoms with Gasteiger partial charge in [-0.2, -0.15) is 0 Å². The van der Waals surface area contributed by atoms with E-state index < -0.39 is 12.0 Å². The van der Waals surface area contributed by atoms with Gasteiger partial charge in [0.1, 0.15) is 0 Å². The number of fused-ring (bicyclic) bond motifs is 1. The van der Waals surface area contributed by atoms with E-state index in [4.69, 9.17) is 21.1 Å². The zero-order valence-electron chi connectivity index (χ0n) is 20.0. The Labute approximate surface area is 216 Å². The Morgan fingerprint density at radius 3 is 2.57 bits per heavy atom. The molecule has 0 fully saturated rings. The molecular formula is C24H26BrClN6O3. The first-order valence-electron chi connectivity index (χ1n) is 11.1. The topological polar surface area (TPSA) is 96.1 Å². The number of ether oxygens (including phenoxy) is 2. The van der Waals surface area contributed by atoms with Crippen molar-refractivity contribution in [2.24, 2.45) is 7.05 Å². The third kappa shape index (κ3) is 4.85. The lowest BCUT2D eigenvalue weighted by molar-refractivity contribution is 0.0518. The summed E-state index contributed by atoms with van der Waals surface area (Å²) >= 11 is 9.73. The SMILES string of the molecule is CCOC(=O)c1nc(Br)n(C(C)C)c1C(Nc1cc(OC)c2nnn(C)c2c1)c1ccc(Cl)cc1. The number of imidazole rings is 1. The average molecular weight is 562 g/mol. The van der Waals surface area contributed by atoms with Crippen LogP contribution in [-0.2, 0) is 11.8 Å². The monoisotopic (exact) mass is 560 g/mol. The molecule has 0 bridgehead atoms. The van der Waals surface area contributed by atoms with Gasteiger partial charge in [0.2, 0.25) is 0 Å². The highest BCUT2D eigenvalue weighted by atomic mass is 79.9. The number of carbonyl (C=O) groups is 1. The van der Waals surface area contributed by atoms with E-state index in [1.54, 1.807) is 18.7 Å². The molecule has 2 aromatic carbocycles. The summed E-state index contributed by atoms with van der Waals surface area (Å²) in [4.78, 5) is 17.5. The van der Waals surface area contributed by atoms with Crippen molar-refractivity contribution in [2.75, 3.05) is 19.0 Å². The number of esters is 1. The number of nitrogens with zero attached hydrogens (tertiary/aromatic N) is 5. The lowest BCUT2D eigenvalue weighted by Crippen LogP contribution is -2.22. The van der Waals surface area contributed by atoms with E-state index in [0.29, 0.717) is 26.7 Å². The molecule has 0 amide bonds. The summed E-state index contributed by atoms with van der Waals surface area (Å²) in [5, 5.41) is 12.5. The molecule has 1 N–H and O–H groups in total. The quantitative estimate of drug-likeness (QED) is 0.282. The van der Waals surface area contributed by atoms with Crippen molar-refractivity contribution in [1.29, 1.82) is 0 Å². The van der Waals surface area contributed by atoms with Crippen LogP contribution in [0.3, 0.4) is 0 Å². The Kier molecular flexibility index (Phi) is 7.32. The molecule has 0 aliphatic rings. The van der Waals surface area contributed by atoms with Crippen LogP contribution in [0.2, 0.25) is 5.02 Å². The molecule has 4 aromatic rings. The summed E-state index contributed by atoms with van der Waals surface area (Å²) in [7, 11) is 3.41. The molecule has 0 saturated heterocycles. The molecular weight excluding hydrogens is 536 g/mol. The molecule has 0 spiro atoms. The van der Waals surface area contributed by atoms with Gasteiger partial charge in [0.25, 0.3) is 0 Å². The van der Waals surface area contributed by atoms with E-state index in [1.165, 1.54) is 0 Å². The summed E-state index contributed by atoms with van der Waals surface area (Å²) in [6.07, 6.45) is 0. The fourth-order valence-electron chi connectivity index (χ4n) is 4.00. The van der Waals surface area contributed by atoms with Crippen molar-refractivity contribution in [2.45, 2.75) is 32.9 Å². The fourth-order valence-corrected chi connectivity index (χ4v) is 4.91. The van der Waals surface area contributed by atoms with E-state index in [-0.39, 0.29) is 18.3 Å². The van der Waals surface area contributed by atoms with Crippen molar-refractivity contribution >= 4 is 50.2 Å². The van der Waals surface area contributed by atoms with E-state index >= 15 is 0 Å².